The number of ketones is 1. The van der Waals surface area contributed by atoms with Gasteiger partial charge in [-0.05, 0) is 68.4 Å². The molecule has 0 atom stereocenters. The van der Waals surface area contributed by atoms with Gasteiger partial charge in [-0.3, -0.25) is 23.5 Å². The molecule has 0 aliphatic carbocycles. The largest absolute Gasteiger partial charge is 0.466 e. The quantitative estimate of drug-likeness (QED) is 0.103. The Labute approximate surface area is 215 Å². The van der Waals surface area contributed by atoms with E-state index < -0.39 is 5.97 Å². The Kier molecular flexibility index (Phi) is 7.63. The van der Waals surface area contributed by atoms with E-state index in [4.69, 9.17) is 21.9 Å². The molecule has 0 spiro atoms. The second-order valence-corrected chi connectivity index (χ2v) is 10.4. The molecule has 2 aromatic carbocycles. The summed E-state index contributed by atoms with van der Waals surface area (Å²) in [7, 11) is 0. The van der Waals surface area contributed by atoms with Gasteiger partial charge in [0.15, 0.2) is 20.5 Å². The van der Waals surface area contributed by atoms with Gasteiger partial charge in [-0.15, -0.1) is 0 Å². The molecule has 4 rings (SSSR count). The highest BCUT2D eigenvalue weighted by Gasteiger charge is 2.20. The van der Waals surface area contributed by atoms with Crippen molar-refractivity contribution in [2.24, 2.45) is 0 Å². The van der Waals surface area contributed by atoms with E-state index in [0.29, 0.717) is 25.1 Å². The van der Waals surface area contributed by atoms with E-state index in [-0.39, 0.29) is 30.1 Å². The summed E-state index contributed by atoms with van der Waals surface area (Å²) in [5.41, 5.74) is 3.88. The first-order valence-electron chi connectivity index (χ1n) is 10.9. The summed E-state index contributed by atoms with van der Waals surface area (Å²) >= 11 is 7.95. The molecule has 180 valence electrons. The molecule has 0 unspecified atom stereocenters. The zero-order chi connectivity index (χ0) is 25.1. The summed E-state index contributed by atoms with van der Waals surface area (Å²) in [6.07, 6.45) is -0.323. The summed E-state index contributed by atoms with van der Waals surface area (Å²) in [5.74, 6) is -0.903. The number of ether oxygens (including phenoxy) is 1. The smallest absolute Gasteiger partial charge is 0.313 e. The molecular formula is C25H23N3O4S3. The van der Waals surface area contributed by atoms with Gasteiger partial charge in [0.2, 0.25) is 0 Å². The molecule has 0 bridgehead atoms. The third kappa shape index (κ3) is 5.29. The van der Waals surface area contributed by atoms with Gasteiger partial charge in [0, 0.05) is 5.69 Å². The predicted octanol–water partition coefficient (Wildman–Crippen LogP) is 5.20. The Morgan fingerprint density at radius 2 is 1.80 bits per heavy atom. The number of thioether (sulfide) groups is 1. The minimum absolute atomic E-state index is 0.0297. The number of hydrogen-bond donors (Lipinski definition) is 0. The zero-order valence-electron chi connectivity index (χ0n) is 19.4. The van der Waals surface area contributed by atoms with Crippen LogP contribution < -0.4 is 5.56 Å². The molecule has 35 heavy (non-hydrogen) atoms. The van der Waals surface area contributed by atoms with Crippen molar-refractivity contribution in [2.75, 3.05) is 12.4 Å². The number of aromatic nitrogens is 3. The second-order valence-electron chi connectivity index (χ2n) is 7.80. The number of thiazole rings is 1. The number of benzene rings is 2. The summed E-state index contributed by atoms with van der Waals surface area (Å²) in [5, 5.41) is 0.344. The lowest BCUT2D eigenvalue weighted by Crippen LogP contribution is -2.22. The van der Waals surface area contributed by atoms with Crippen LogP contribution in [0.1, 0.15) is 24.5 Å². The number of nitrogens with zero attached hydrogens (tertiary/aromatic N) is 3. The lowest BCUT2D eigenvalue weighted by Gasteiger charge is -2.13. The number of carbonyl (C=O) groups excluding carboxylic acids is 2. The average molecular weight is 526 g/mol. The fourth-order valence-electron chi connectivity index (χ4n) is 3.50. The summed E-state index contributed by atoms with van der Waals surface area (Å²) < 4.78 is 9.09. The maximum atomic E-state index is 13.7. The summed E-state index contributed by atoms with van der Waals surface area (Å²) in [4.78, 5) is 42.6. The minimum atomic E-state index is -0.567. The van der Waals surface area contributed by atoms with Crippen molar-refractivity contribution in [1.82, 2.24) is 14.1 Å². The van der Waals surface area contributed by atoms with Gasteiger partial charge in [-0.25, -0.2) is 4.98 Å². The molecule has 0 fully saturated rings. The van der Waals surface area contributed by atoms with Crippen LogP contribution in [-0.4, -0.2) is 38.2 Å². The molecule has 7 nitrogen and oxygen atoms in total. The Hall–Kier alpha value is -3.08. The van der Waals surface area contributed by atoms with Gasteiger partial charge in [0.25, 0.3) is 5.56 Å². The third-order valence-electron chi connectivity index (χ3n) is 5.35. The van der Waals surface area contributed by atoms with Gasteiger partial charge < -0.3 is 4.74 Å². The summed E-state index contributed by atoms with van der Waals surface area (Å²) in [6.45, 7) is 5.95. The Balaban J connectivity index is 1.85. The van der Waals surface area contributed by atoms with E-state index in [1.54, 1.807) is 23.6 Å². The summed E-state index contributed by atoms with van der Waals surface area (Å²) in [6, 6.07) is 15.1. The Bertz CT molecular complexity index is 1540. The van der Waals surface area contributed by atoms with Crippen molar-refractivity contribution in [2.45, 2.75) is 32.3 Å². The van der Waals surface area contributed by atoms with E-state index in [0.717, 1.165) is 28.6 Å². The molecular weight excluding hydrogens is 502 g/mol. The van der Waals surface area contributed by atoms with E-state index in [2.05, 4.69) is 0 Å². The van der Waals surface area contributed by atoms with Crippen LogP contribution in [0.5, 0.6) is 0 Å². The van der Waals surface area contributed by atoms with Crippen molar-refractivity contribution in [3.8, 4) is 11.4 Å². The van der Waals surface area contributed by atoms with Crippen molar-refractivity contribution in [1.29, 1.82) is 0 Å². The topological polar surface area (TPSA) is 83.2 Å². The zero-order valence-corrected chi connectivity index (χ0v) is 21.9. The van der Waals surface area contributed by atoms with E-state index in [1.807, 2.05) is 50.2 Å². The van der Waals surface area contributed by atoms with Crippen molar-refractivity contribution in [3.63, 3.8) is 0 Å². The number of fused-ring (bicyclic) bond motifs is 1. The van der Waals surface area contributed by atoms with Gasteiger partial charge in [0.1, 0.15) is 11.1 Å². The van der Waals surface area contributed by atoms with E-state index >= 15 is 0 Å². The highest BCUT2D eigenvalue weighted by molar-refractivity contribution is 7.99. The van der Waals surface area contributed by atoms with Crippen LogP contribution in [0, 0.1) is 17.8 Å². The SMILES string of the molecule is CCOC(=O)CC(=O)CSc1nc2c(sc(=S)n2-c2ccc(C)c(C)c2)c(=O)n1-c1ccccc1. The first kappa shape index (κ1) is 25.0. The van der Waals surface area contributed by atoms with Crippen LogP contribution in [-0.2, 0) is 14.3 Å². The van der Waals surface area contributed by atoms with Gasteiger partial charge >= 0.3 is 5.97 Å². The molecule has 2 aromatic heterocycles. The Morgan fingerprint density at radius 3 is 2.49 bits per heavy atom. The second kappa shape index (κ2) is 10.7. The number of aryl methyl sites for hydroxylation is 2. The third-order valence-corrected chi connectivity index (χ3v) is 7.70. The minimum Gasteiger partial charge on any atom is -0.466 e. The molecule has 0 amide bonds. The lowest BCUT2D eigenvalue weighted by molar-refractivity contribution is -0.145. The lowest BCUT2D eigenvalue weighted by atomic mass is 10.1. The standard InChI is InChI=1S/C25H23N3O4S3/c1-4-32-20(30)13-19(29)14-34-24-26-22-21(23(31)28(24)17-8-6-5-7-9-17)35-25(33)27(22)18-11-10-15(2)16(3)12-18/h5-12H,4,13-14H2,1-3H3. The predicted molar refractivity (Wildman–Crippen MR) is 142 cm³/mol. The number of esters is 1. The van der Waals surface area contributed by atoms with Crippen molar-refractivity contribution < 1.29 is 14.3 Å². The molecule has 0 saturated heterocycles. The van der Waals surface area contributed by atoms with Crippen LogP contribution in [0.25, 0.3) is 21.7 Å². The number of para-hydroxylation sites is 1. The van der Waals surface area contributed by atoms with Crippen molar-refractivity contribution in [3.05, 3.63) is 74.0 Å². The molecule has 2 heterocycles. The molecule has 0 N–H and O–H groups in total. The fourth-order valence-corrected chi connectivity index (χ4v) is 5.67. The van der Waals surface area contributed by atoms with Gasteiger partial charge in [0.05, 0.1) is 18.0 Å². The normalized spacial score (nSPS) is 11.1. The fraction of sp³-hybridized carbons (Fsp3) is 0.240. The van der Waals surface area contributed by atoms with Crippen LogP contribution >= 0.6 is 35.3 Å². The number of Topliss-reactive ketones (excluding diaryl/α,β-unsaturated/α-hetero) is 1. The van der Waals surface area contributed by atoms with Crippen LogP contribution in [0.4, 0.5) is 0 Å². The van der Waals surface area contributed by atoms with Crippen LogP contribution in [0.15, 0.2) is 58.5 Å². The maximum Gasteiger partial charge on any atom is 0.313 e. The Morgan fingerprint density at radius 1 is 1.06 bits per heavy atom. The number of rotatable bonds is 8. The first-order chi connectivity index (χ1) is 16.8. The maximum absolute atomic E-state index is 13.7. The molecule has 0 radical (unpaired) electrons. The number of carbonyl (C=O) groups is 2. The van der Waals surface area contributed by atoms with E-state index in [9.17, 15) is 14.4 Å². The molecule has 0 aliphatic rings. The average Bonchev–Trinajstić information content (AvgIpc) is 3.16. The highest BCUT2D eigenvalue weighted by atomic mass is 32.2. The van der Waals surface area contributed by atoms with Gasteiger partial charge in [-0.1, -0.05) is 47.4 Å². The highest BCUT2D eigenvalue weighted by Crippen LogP contribution is 2.28. The van der Waals surface area contributed by atoms with Crippen LogP contribution in [0.3, 0.4) is 0 Å². The van der Waals surface area contributed by atoms with E-state index in [1.165, 1.54) is 15.9 Å². The number of hydrogen-bond acceptors (Lipinski definition) is 8. The molecule has 0 saturated carbocycles. The molecule has 0 aliphatic heterocycles. The molecule has 10 heteroatoms. The van der Waals surface area contributed by atoms with Crippen molar-refractivity contribution >= 4 is 57.4 Å². The first-order valence-corrected chi connectivity index (χ1v) is 13.1. The molecule has 4 aromatic rings. The van der Waals surface area contributed by atoms with Crippen LogP contribution in [0.2, 0.25) is 0 Å². The monoisotopic (exact) mass is 525 g/mol. The van der Waals surface area contributed by atoms with Gasteiger partial charge in [-0.2, -0.15) is 0 Å².